The van der Waals surface area contributed by atoms with Gasteiger partial charge in [0.05, 0.1) is 17.3 Å². The van der Waals surface area contributed by atoms with E-state index in [-0.39, 0.29) is 12.4 Å². The summed E-state index contributed by atoms with van der Waals surface area (Å²) in [6.07, 6.45) is 0. The fraction of sp³-hybridized carbons (Fsp3) is 0.250. The number of oxime groups is 1. The van der Waals surface area contributed by atoms with Crippen molar-refractivity contribution in [2.24, 2.45) is 17.9 Å². The third kappa shape index (κ3) is 2.89. The zero-order valence-corrected chi connectivity index (χ0v) is 11.5. The molecule has 0 radical (unpaired) electrons. The van der Waals surface area contributed by atoms with Crippen LogP contribution in [0.4, 0.5) is 0 Å². The molecule has 0 spiro atoms. The fourth-order valence-corrected chi connectivity index (χ4v) is 1.69. The summed E-state index contributed by atoms with van der Waals surface area (Å²) in [5.41, 5.74) is 6.21. The predicted octanol–water partition coefficient (Wildman–Crippen LogP) is -0.354. The second-order valence-corrected chi connectivity index (χ2v) is 4.22. The van der Waals surface area contributed by atoms with Crippen LogP contribution in [0.2, 0.25) is 0 Å². The molecule has 1 aromatic heterocycles. The number of aryl methyl sites for hydroxylation is 1. The van der Waals surface area contributed by atoms with Crippen molar-refractivity contribution in [2.75, 3.05) is 0 Å². The van der Waals surface area contributed by atoms with E-state index in [0.717, 1.165) is 9.36 Å². The lowest BCUT2D eigenvalue weighted by atomic mass is 10.1. The molecule has 1 aromatic carbocycles. The topological polar surface area (TPSA) is 124 Å². The number of benzene rings is 1. The van der Waals surface area contributed by atoms with Crippen molar-refractivity contribution in [1.82, 2.24) is 19.8 Å². The van der Waals surface area contributed by atoms with Crippen LogP contribution < -0.4 is 11.4 Å². The highest BCUT2D eigenvalue weighted by Gasteiger charge is 2.15. The van der Waals surface area contributed by atoms with Crippen molar-refractivity contribution in [3.05, 3.63) is 39.8 Å². The molecule has 0 atom stereocenters. The lowest BCUT2D eigenvalue weighted by Crippen LogP contribution is -2.23. The number of nitrogens with zero attached hydrogens (tertiary/aromatic N) is 6. The van der Waals surface area contributed by atoms with Crippen LogP contribution in [-0.2, 0) is 18.5 Å². The van der Waals surface area contributed by atoms with Gasteiger partial charge in [-0.2, -0.15) is 14.6 Å². The number of tetrazole rings is 1. The number of hydrogen-bond acceptors (Lipinski definition) is 6. The normalized spacial score (nSPS) is 11.2. The first-order valence-corrected chi connectivity index (χ1v) is 5.98. The average Bonchev–Trinajstić information content (AvgIpc) is 2.79. The van der Waals surface area contributed by atoms with Crippen LogP contribution in [-0.4, -0.2) is 25.6 Å². The Kier molecular flexibility index (Phi) is 3.99. The minimum absolute atomic E-state index is 0.0172. The van der Waals surface area contributed by atoms with Gasteiger partial charge in [0.1, 0.15) is 12.4 Å². The van der Waals surface area contributed by atoms with E-state index in [1.807, 2.05) is 6.07 Å². The number of amidine groups is 1. The molecule has 0 aliphatic carbocycles. The highest BCUT2D eigenvalue weighted by molar-refractivity contribution is 5.76. The van der Waals surface area contributed by atoms with Crippen LogP contribution in [0.1, 0.15) is 18.1 Å². The van der Waals surface area contributed by atoms with Crippen LogP contribution in [0, 0.1) is 11.3 Å². The average molecular weight is 287 g/mol. The van der Waals surface area contributed by atoms with Crippen LogP contribution in [0.5, 0.6) is 0 Å². The Hall–Kier alpha value is -3.15. The maximum atomic E-state index is 11.9. The number of rotatable bonds is 4. The summed E-state index contributed by atoms with van der Waals surface area (Å²) in [6, 6.07) is 6.95. The molecule has 108 valence electrons. The third-order valence-electron chi connectivity index (χ3n) is 2.64. The second-order valence-electron chi connectivity index (χ2n) is 4.22. The SMILES string of the molecule is C/C(N)=N/OCc1c(C#N)cccc1-n1nnn(C)c1=O. The lowest BCUT2D eigenvalue weighted by molar-refractivity contribution is 0.129. The van der Waals surface area contributed by atoms with Crippen LogP contribution in [0.3, 0.4) is 0 Å². The van der Waals surface area contributed by atoms with Crippen molar-refractivity contribution in [2.45, 2.75) is 13.5 Å². The summed E-state index contributed by atoms with van der Waals surface area (Å²) in [6.45, 7) is 1.56. The Morgan fingerprint density at radius 3 is 2.86 bits per heavy atom. The van der Waals surface area contributed by atoms with Crippen LogP contribution in [0.25, 0.3) is 5.69 Å². The van der Waals surface area contributed by atoms with Crippen molar-refractivity contribution < 1.29 is 4.84 Å². The third-order valence-corrected chi connectivity index (χ3v) is 2.64. The number of hydrogen-bond donors (Lipinski definition) is 1. The van der Waals surface area contributed by atoms with Crippen molar-refractivity contribution in [1.29, 1.82) is 5.26 Å². The molecule has 9 heteroatoms. The second kappa shape index (κ2) is 5.87. The van der Waals surface area contributed by atoms with Gasteiger partial charge in [0.25, 0.3) is 0 Å². The summed E-state index contributed by atoms with van der Waals surface area (Å²) < 4.78 is 2.18. The first-order valence-electron chi connectivity index (χ1n) is 5.98. The Morgan fingerprint density at radius 1 is 1.52 bits per heavy atom. The van der Waals surface area contributed by atoms with Gasteiger partial charge in [-0.3, -0.25) is 0 Å². The summed E-state index contributed by atoms with van der Waals surface area (Å²) in [5, 5.41) is 20.2. The maximum absolute atomic E-state index is 11.9. The summed E-state index contributed by atoms with van der Waals surface area (Å²) in [4.78, 5) is 17.0. The zero-order chi connectivity index (χ0) is 15.4. The van der Waals surface area contributed by atoms with Gasteiger partial charge in [0, 0.05) is 12.6 Å². The summed E-state index contributed by atoms with van der Waals surface area (Å²) >= 11 is 0. The van der Waals surface area contributed by atoms with Gasteiger partial charge in [-0.05, 0) is 29.5 Å². The van der Waals surface area contributed by atoms with Crippen LogP contribution >= 0.6 is 0 Å². The van der Waals surface area contributed by atoms with Gasteiger partial charge < -0.3 is 10.6 Å². The van der Waals surface area contributed by atoms with E-state index < -0.39 is 5.69 Å². The first kappa shape index (κ1) is 14.3. The van der Waals surface area contributed by atoms with Gasteiger partial charge in [-0.1, -0.05) is 11.2 Å². The largest absolute Gasteiger partial charge is 0.389 e. The quantitative estimate of drug-likeness (QED) is 0.465. The highest BCUT2D eigenvalue weighted by Crippen LogP contribution is 2.18. The molecule has 0 aliphatic heterocycles. The molecular formula is C12H13N7O2. The molecule has 9 nitrogen and oxygen atoms in total. The predicted molar refractivity (Wildman–Crippen MR) is 73.4 cm³/mol. The molecule has 0 fully saturated rings. The van der Waals surface area contributed by atoms with E-state index in [1.54, 1.807) is 25.1 Å². The smallest absolute Gasteiger partial charge is 0.368 e. The Balaban J connectivity index is 2.51. The van der Waals surface area contributed by atoms with E-state index in [4.69, 9.17) is 10.6 Å². The summed E-state index contributed by atoms with van der Waals surface area (Å²) in [7, 11) is 1.48. The van der Waals surface area contributed by atoms with Gasteiger partial charge >= 0.3 is 5.69 Å². The van der Waals surface area contributed by atoms with Crippen LogP contribution in [0.15, 0.2) is 28.1 Å². The minimum Gasteiger partial charge on any atom is -0.389 e. The molecular weight excluding hydrogens is 274 g/mol. The molecule has 1 heterocycles. The summed E-state index contributed by atoms with van der Waals surface area (Å²) in [5.74, 6) is 0.252. The van der Waals surface area contributed by atoms with E-state index in [2.05, 4.69) is 15.6 Å². The van der Waals surface area contributed by atoms with E-state index in [1.165, 1.54) is 7.05 Å². The number of nitriles is 1. The molecule has 0 unspecified atom stereocenters. The van der Waals surface area contributed by atoms with Crippen molar-refractivity contribution >= 4 is 5.84 Å². The highest BCUT2D eigenvalue weighted by atomic mass is 16.6. The Morgan fingerprint density at radius 2 is 2.29 bits per heavy atom. The number of aromatic nitrogens is 4. The molecule has 0 aliphatic rings. The lowest BCUT2D eigenvalue weighted by Gasteiger charge is -2.08. The molecule has 0 saturated heterocycles. The molecule has 0 amide bonds. The van der Waals surface area contributed by atoms with E-state index >= 15 is 0 Å². The van der Waals surface area contributed by atoms with Crippen molar-refractivity contribution in [3.63, 3.8) is 0 Å². The molecule has 0 saturated carbocycles. The number of nitrogens with two attached hydrogens (primary N) is 1. The van der Waals surface area contributed by atoms with Gasteiger partial charge in [0.15, 0.2) is 0 Å². The monoisotopic (exact) mass is 287 g/mol. The zero-order valence-electron chi connectivity index (χ0n) is 11.5. The Labute approximate surface area is 119 Å². The molecule has 0 bridgehead atoms. The van der Waals surface area contributed by atoms with E-state index in [9.17, 15) is 10.1 Å². The van der Waals surface area contributed by atoms with Gasteiger partial charge in [0.2, 0.25) is 0 Å². The first-order chi connectivity index (χ1) is 10.0. The van der Waals surface area contributed by atoms with Gasteiger partial charge in [-0.25, -0.2) is 4.79 Å². The Bertz CT molecular complexity index is 778. The molecule has 21 heavy (non-hydrogen) atoms. The standard InChI is InChI=1S/C12H13N7O2/c1-8(14)15-21-7-10-9(6-13)4-3-5-11(10)19-12(20)18(2)16-17-19/h3-5H,7H2,1-2H3,(H2,14,15). The van der Waals surface area contributed by atoms with Crippen molar-refractivity contribution in [3.8, 4) is 11.8 Å². The molecule has 2 N–H and O–H groups in total. The molecule has 2 aromatic rings. The molecule has 2 rings (SSSR count). The fourth-order valence-electron chi connectivity index (χ4n) is 1.69. The minimum atomic E-state index is -0.426. The van der Waals surface area contributed by atoms with E-state index in [0.29, 0.717) is 16.8 Å². The van der Waals surface area contributed by atoms with Gasteiger partial charge in [-0.15, -0.1) is 0 Å². The maximum Gasteiger partial charge on any atom is 0.368 e.